The van der Waals surface area contributed by atoms with Crippen LogP contribution in [0.15, 0.2) is 22.7 Å². The first-order chi connectivity index (χ1) is 7.63. The maximum absolute atomic E-state index is 13.0. The summed E-state index contributed by atoms with van der Waals surface area (Å²) in [6, 6.07) is 4.91. The first-order valence-corrected chi connectivity index (χ1v) is 6.32. The molecule has 0 aliphatic rings. The van der Waals surface area contributed by atoms with Gasteiger partial charge in [-0.25, -0.2) is 4.39 Å². The third kappa shape index (κ3) is 3.03. The highest BCUT2D eigenvalue weighted by molar-refractivity contribution is 9.10. The van der Waals surface area contributed by atoms with Gasteiger partial charge in [-0.2, -0.15) is 0 Å². The number of halogens is 2. The fourth-order valence-electron chi connectivity index (χ4n) is 1.91. The van der Waals surface area contributed by atoms with Crippen molar-refractivity contribution in [2.24, 2.45) is 5.73 Å². The summed E-state index contributed by atoms with van der Waals surface area (Å²) in [4.78, 5) is 2.26. The molecule has 0 amide bonds. The fourth-order valence-corrected chi connectivity index (χ4v) is 2.52. The Morgan fingerprint density at radius 3 is 2.44 bits per heavy atom. The SMILES string of the molecule is CCN(CC)C(CN)c1ccc(F)cc1Br. The van der Waals surface area contributed by atoms with Crippen molar-refractivity contribution in [1.29, 1.82) is 0 Å². The Kier molecular flexibility index (Phi) is 5.38. The molecule has 0 aliphatic heterocycles. The van der Waals surface area contributed by atoms with Gasteiger partial charge in [-0.3, -0.25) is 4.90 Å². The molecule has 2 nitrogen and oxygen atoms in total. The van der Waals surface area contributed by atoms with Gasteiger partial charge in [0.1, 0.15) is 5.82 Å². The van der Waals surface area contributed by atoms with Gasteiger partial charge in [0, 0.05) is 17.1 Å². The Hall–Kier alpha value is -0.450. The number of hydrogen-bond donors (Lipinski definition) is 1. The van der Waals surface area contributed by atoms with E-state index in [1.165, 1.54) is 12.1 Å². The summed E-state index contributed by atoms with van der Waals surface area (Å²) in [6.45, 7) is 6.60. The highest BCUT2D eigenvalue weighted by Crippen LogP contribution is 2.27. The van der Waals surface area contributed by atoms with Crippen molar-refractivity contribution in [3.63, 3.8) is 0 Å². The van der Waals surface area contributed by atoms with Crippen LogP contribution in [-0.4, -0.2) is 24.5 Å². The molecular weight excluding hydrogens is 271 g/mol. The summed E-state index contributed by atoms with van der Waals surface area (Å²) in [5, 5.41) is 0. The van der Waals surface area contributed by atoms with Crippen molar-refractivity contribution >= 4 is 15.9 Å². The van der Waals surface area contributed by atoms with Gasteiger partial charge >= 0.3 is 0 Å². The lowest BCUT2D eigenvalue weighted by Crippen LogP contribution is -2.33. The zero-order valence-electron chi connectivity index (χ0n) is 9.71. The quantitative estimate of drug-likeness (QED) is 0.903. The smallest absolute Gasteiger partial charge is 0.124 e. The van der Waals surface area contributed by atoms with E-state index < -0.39 is 0 Å². The van der Waals surface area contributed by atoms with E-state index >= 15 is 0 Å². The van der Waals surface area contributed by atoms with Crippen molar-refractivity contribution in [3.8, 4) is 0 Å². The van der Waals surface area contributed by atoms with Gasteiger partial charge < -0.3 is 5.73 Å². The minimum Gasteiger partial charge on any atom is -0.329 e. The van der Waals surface area contributed by atoms with Crippen LogP contribution in [-0.2, 0) is 0 Å². The minimum absolute atomic E-state index is 0.143. The zero-order chi connectivity index (χ0) is 12.1. The Morgan fingerprint density at radius 1 is 1.38 bits per heavy atom. The van der Waals surface area contributed by atoms with E-state index in [1.54, 1.807) is 6.07 Å². The van der Waals surface area contributed by atoms with Crippen LogP contribution in [0, 0.1) is 5.82 Å². The summed E-state index contributed by atoms with van der Waals surface area (Å²) < 4.78 is 13.8. The monoisotopic (exact) mass is 288 g/mol. The predicted molar refractivity (Wildman–Crippen MR) is 68.8 cm³/mol. The molecule has 0 heterocycles. The second-order valence-corrected chi connectivity index (χ2v) is 4.49. The Morgan fingerprint density at radius 2 is 2.00 bits per heavy atom. The molecule has 90 valence electrons. The van der Waals surface area contributed by atoms with Crippen molar-refractivity contribution in [1.82, 2.24) is 4.90 Å². The van der Waals surface area contributed by atoms with Crippen LogP contribution in [0.3, 0.4) is 0 Å². The van der Waals surface area contributed by atoms with Gasteiger partial charge in [-0.05, 0) is 30.8 Å². The van der Waals surface area contributed by atoms with E-state index in [1.807, 2.05) is 0 Å². The van der Waals surface area contributed by atoms with E-state index in [4.69, 9.17) is 5.73 Å². The van der Waals surface area contributed by atoms with Crippen molar-refractivity contribution in [2.45, 2.75) is 19.9 Å². The summed E-state index contributed by atoms with van der Waals surface area (Å²) in [7, 11) is 0. The van der Waals surface area contributed by atoms with Crippen LogP contribution < -0.4 is 5.73 Å². The lowest BCUT2D eigenvalue weighted by atomic mass is 10.1. The van der Waals surface area contributed by atoms with E-state index in [0.717, 1.165) is 23.1 Å². The number of nitrogens with two attached hydrogens (primary N) is 1. The molecule has 0 aromatic heterocycles. The van der Waals surface area contributed by atoms with E-state index in [9.17, 15) is 4.39 Å². The van der Waals surface area contributed by atoms with E-state index in [2.05, 4.69) is 34.7 Å². The van der Waals surface area contributed by atoms with Crippen LogP contribution in [0.25, 0.3) is 0 Å². The number of benzene rings is 1. The first-order valence-electron chi connectivity index (χ1n) is 5.53. The molecule has 0 saturated heterocycles. The molecule has 2 N–H and O–H groups in total. The number of hydrogen-bond acceptors (Lipinski definition) is 2. The molecular formula is C12H18BrFN2. The van der Waals surface area contributed by atoms with E-state index in [0.29, 0.717) is 6.54 Å². The molecule has 0 saturated carbocycles. The second kappa shape index (κ2) is 6.33. The van der Waals surface area contributed by atoms with E-state index in [-0.39, 0.29) is 11.9 Å². The molecule has 0 fully saturated rings. The Bertz CT molecular complexity index is 340. The Labute approximate surface area is 105 Å². The molecule has 0 spiro atoms. The third-order valence-corrected chi connectivity index (χ3v) is 3.48. The van der Waals surface area contributed by atoms with Crippen LogP contribution in [0.2, 0.25) is 0 Å². The number of likely N-dealkylation sites (N-methyl/N-ethyl adjacent to an activating group) is 1. The topological polar surface area (TPSA) is 29.3 Å². The largest absolute Gasteiger partial charge is 0.329 e. The zero-order valence-corrected chi connectivity index (χ0v) is 11.3. The fraction of sp³-hybridized carbons (Fsp3) is 0.500. The molecule has 0 radical (unpaired) electrons. The van der Waals surface area contributed by atoms with Crippen molar-refractivity contribution in [2.75, 3.05) is 19.6 Å². The molecule has 0 bridgehead atoms. The normalized spacial score (nSPS) is 13.1. The maximum Gasteiger partial charge on any atom is 0.124 e. The summed E-state index contributed by atoms with van der Waals surface area (Å²) in [5.74, 6) is -0.231. The predicted octanol–water partition coefficient (Wildman–Crippen LogP) is 2.93. The lowest BCUT2D eigenvalue weighted by Gasteiger charge is -2.29. The molecule has 0 aliphatic carbocycles. The van der Waals surface area contributed by atoms with Crippen molar-refractivity contribution < 1.29 is 4.39 Å². The third-order valence-electron chi connectivity index (χ3n) is 2.80. The second-order valence-electron chi connectivity index (χ2n) is 3.64. The average molecular weight is 289 g/mol. The van der Waals surface area contributed by atoms with Gasteiger partial charge in [0.2, 0.25) is 0 Å². The average Bonchev–Trinajstić information content (AvgIpc) is 2.27. The van der Waals surface area contributed by atoms with Gasteiger partial charge in [0.15, 0.2) is 0 Å². The molecule has 1 unspecified atom stereocenters. The van der Waals surface area contributed by atoms with Crippen LogP contribution in [0.4, 0.5) is 4.39 Å². The van der Waals surface area contributed by atoms with Crippen LogP contribution in [0.5, 0.6) is 0 Å². The summed E-state index contributed by atoms with van der Waals surface area (Å²) in [6.07, 6.45) is 0. The molecule has 1 atom stereocenters. The molecule has 4 heteroatoms. The van der Waals surface area contributed by atoms with Gasteiger partial charge in [-0.1, -0.05) is 35.8 Å². The lowest BCUT2D eigenvalue weighted by molar-refractivity contribution is 0.223. The maximum atomic E-state index is 13.0. The molecule has 1 rings (SSSR count). The molecule has 1 aromatic rings. The summed E-state index contributed by atoms with van der Waals surface area (Å²) >= 11 is 3.39. The molecule has 1 aromatic carbocycles. The highest BCUT2D eigenvalue weighted by Gasteiger charge is 2.18. The minimum atomic E-state index is -0.231. The van der Waals surface area contributed by atoms with Crippen LogP contribution in [0.1, 0.15) is 25.5 Å². The standard InChI is InChI=1S/C12H18BrFN2/c1-3-16(4-2)12(8-15)10-6-5-9(14)7-11(10)13/h5-7,12H,3-4,8,15H2,1-2H3. The van der Waals surface area contributed by atoms with Gasteiger partial charge in [-0.15, -0.1) is 0 Å². The van der Waals surface area contributed by atoms with Crippen molar-refractivity contribution in [3.05, 3.63) is 34.1 Å². The number of rotatable bonds is 5. The van der Waals surface area contributed by atoms with Gasteiger partial charge in [0.25, 0.3) is 0 Å². The highest BCUT2D eigenvalue weighted by atomic mass is 79.9. The van der Waals surface area contributed by atoms with Crippen LogP contribution >= 0.6 is 15.9 Å². The number of nitrogens with zero attached hydrogens (tertiary/aromatic N) is 1. The summed E-state index contributed by atoms with van der Waals surface area (Å²) in [5.41, 5.74) is 6.86. The Balaban J connectivity index is 3.03. The van der Waals surface area contributed by atoms with Gasteiger partial charge in [0.05, 0.1) is 0 Å². The first kappa shape index (κ1) is 13.6. The molecule has 16 heavy (non-hydrogen) atoms.